The van der Waals surface area contributed by atoms with Gasteiger partial charge in [-0.1, -0.05) is 31.2 Å². The summed E-state index contributed by atoms with van der Waals surface area (Å²) in [5.74, 6) is 0.304. The number of anilines is 2. The van der Waals surface area contributed by atoms with E-state index < -0.39 is 12.0 Å². The van der Waals surface area contributed by atoms with Crippen molar-refractivity contribution in [2.75, 3.05) is 17.3 Å². The number of amides is 1. The molecule has 1 aliphatic heterocycles. The van der Waals surface area contributed by atoms with Crippen LogP contribution in [0.4, 0.5) is 11.4 Å². The summed E-state index contributed by atoms with van der Waals surface area (Å²) in [6.07, 6.45) is 2.05. The number of carbonyl (C=O) groups is 2. The van der Waals surface area contributed by atoms with Crippen molar-refractivity contribution in [3.05, 3.63) is 96.0 Å². The predicted octanol–water partition coefficient (Wildman–Crippen LogP) is 5.57. The van der Waals surface area contributed by atoms with Gasteiger partial charge < -0.3 is 29.8 Å². The second kappa shape index (κ2) is 11.0. The van der Waals surface area contributed by atoms with Gasteiger partial charge in [0.15, 0.2) is 5.11 Å². The molecule has 0 saturated carbocycles. The van der Waals surface area contributed by atoms with Gasteiger partial charge in [0.1, 0.15) is 23.3 Å². The zero-order chi connectivity index (χ0) is 27.5. The average Bonchev–Trinajstić information content (AvgIpc) is 3.58. The maximum absolute atomic E-state index is 12.0. The quantitative estimate of drug-likeness (QED) is 0.246. The first-order chi connectivity index (χ1) is 18.9. The highest BCUT2D eigenvalue weighted by Crippen LogP contribution is 2.44. The van der Waals surface area contributed by atoms with E-state index in [0.29, 0.717) is 45.7 Å². The van der Waals surface area contributed by atoms with Crippen molar-refractivity contribution in [2.24, 2.45) is 0 Å². The third-order valence-electron chi connectivity index (χ3n) is 6.50. The molecule has 39 heavy (non-hydrogen) atoms. The van der Waals surface area contributed by atoms with Gasteiger partial charge in [-0.15, -0.1) is 0 Å². The highest BCUT2D eigenvalue weighted by Gasteiger charge is 2.43. The van der Waals surface area contributed by atoms with E-state index in [1.807, 2.05) is 35.2 Å². The first-order valence-electron chi connectivity index (χ1n) is 12.3. The fourth-order valence-corrected chi connectivity index (χ4v) is 4.98. The minimum Gasteiger partial charge on any atom is -0.494 e. The molecule has 2 aromatic heterocycles. The minimum absolute atomic E-state index is 0.128. The monoisotopic (exact) mass is 542 g/mol. The maximum Gasteiger partial charge on any atom is 0.336 e. The molecule has 10 heteroatoms. The van der Waals surface area contributed by atoms with Crippen LogP contribution in [0, 0.1) is 0 Å². The number of nitrogens with zero attached hydrogens (tertiary/aromatic N) is 2. The molecule has 4 aromatic rings. The summed E-state index contributed by atoms with van der Waals surface area (Å²) >= 11 is 5.79. The van der Waals surface area contributed by atoms with Gasteiger partial charge >= 0.3 is 5.97 Å². The Morgan fingerprint density at radius 3 is 2.64 bits per heavy atom. The number of aromatic nitrogens is 1. The van der Waals surface area contributed by atoms with Gasteiger partial charge in [-0.25, -0.2) is 4.79 Å². The number of carboxylic acids is 1. The number of aromatic carboxylic acids is 1. The van der Waals surface area contributed by atoms with Crippen molar-refractivity contribution in [3.63, 3.8) is 0 Å². The minimum atomic E-state index is -1.04. The van der Waals surface area contributed by atoms with Crippen LogP contribution in [0.1, 0.15) is 47.2 Å². The van der Waals surface area contributed by atoms with E-state index in [9.17, 15) is 14.7 Å². The Balaban J connectivity index is 1.60. The van der Waals surface area contributed by atoms with Gasteiger partial charge in [-0.3, -0.25) is 9.78 Å². The van der Waals surface area contributed by atoms with Crippen LogP contribution in [0.15, 0.2) is 83.4 Å². The molecule has 2 unspecified atom stereocenters. The Morgan fingerprint density at radius 2 is 1.92 bits per heavy atom. The van der Waals surface area contributed by atoms with E-state index >= 15 is 0 Å². The number of carbonyl (C=O) groups excluding carboxylic acids is 1. The number of rotatable bonds is 8. The van der Waals surface area contributed by atoms with E-state index in [2.05, 4.69) is 15.6 Å². The first kappa shape index (κ1) is 25.9. The highest BCUT2D eigenvalue weighted by atomic mass is 32.1. The van der Waals surface area contributed by atoms with E-state index in [1.54, 1.807) is 55.6 Å². The molecule has 1 amide bonds. The van der Waals surface area contributed by atoms with Crippen molar-refractivity contribution >= 4 is 40.6 Å². The zero-order valence-electron chi connectivity index (χ0n) is 21.3. The van der Waals surface area contributed by atoms with Gasteiger partial charge in [0.05, 0.1) is 30.1 Å². The molecule has 0 radical (unpaired) electrons. The summed E-state index contributed by atoms with van der Waals surface area (Å²) in [4.78, 5) is 30.3. The lowest BCUT2D eigenvalue weighted by atomic mass is 10.0. The number of benzene rings is 2. The number of ether oxygens (including phenoxy) is 1. The topological polar surface area (TPSA) is 117 Å². The number of nitrogens with one attached hydrogen (secondary N) is 2. The number of thiocarbonyl (C=S) groups is 1. The van der Waals surface area contributed by atoms with Crippen LogP contribution in [-0.2, 0) is 4.79 Å². The highest BCUT2D eigenvalue weighted by molar-refractivity contribution is 7.80. The molecule has 0 spiro atoms. The van der Waals surface area contributed by atoms with E-state index in [4.69, 9.17) is 21.4 Å². The third-order valence-corrected chi connectivity index (χ3v) is 6.81. The summed E-state index contributed by atoms with van der Waals surface area (Å²) in [6.45, 7) is 1.78. The Bertz CT molecular complexity index is 1540. The average molecular weight is 543 g/mol. The predicted molar refractivity (Wildman–Crippen MR) is 151 cm³/mol. The molecule has 5 rings (SSSR count). The molecule has 3 heterocycles. The van der Waals surface area contributed by atoms with Crippen LogP contribution in [0.25, 0.3) is 11.3 Å². The van der Waals surface area contributed by atoms with Crippen LogP contribution >= 0.6 is 12.2 Å². The summed E-state index contributed by atoms with van der Waals surface area (Å²) in [7, 11) is 1.54. The van der Waals surface area contributed by atoms with Crippen molar-refractivity contribution in [3.8, 4) is 17.1 Å². The van der Waals surface area contributed by atoms with Gasteiger partial charge in [0, 0.05) is 29.9 Å². The summed E-state index contributed by atoms with van der Waals surface area (Å²) in [5.41, 5.74) is 2.64. The third kappa shape index (κ3) is 5.06. The van der Waals surface area contributed by atoms with Crippen molar-refractivity contribution < 1.29 is 23.8 Å². The lowest BCUT2D eigenvalue weighted by Gasteiger charge is -2.27. The smallest absolute Gasteiger partial charge is 0.336 e. The van der Waals surface area contributed by atoms with E-state index in [-0.39, 0.29) is 17.5 Å². The normalized spacial score (nSPS) is 16.6. The number of hydrogen-bond donors (Lipinski definition) is 3. The van der Waals surface area contributed by atoms with Gasteiger partial charge in [-0.05, 0) is 54.7 Å². The van der Waals surface area contributed by atoms with Crippen LogP contribution in [0.2, 0.25) is 0 Å². The fourth-order valence-electron chi connectivity index (χ4n) is 4.63. The Labute approximate surface area is 230 Å². The Kier molecular flexibility index (Phi) is 7.29. The summed E-state index contributed by atoms with van der Waals surface area (Å²) < 4.78 is 11.9. The fraction of sp³-hybridized carbons (Fsp3) is 0.172. The van der Waals surface area contributed by atoms with E-state index in [0.717, 1.165) is 5.69 Å². The molecule has 0 aliphatic carbocycles. The molecular formula is C29H26N4O5S. The number of furan rings is 1. The van der Waals surface area contributed by atoms with Gasteiger partial charge in [-0.2, -0.15) is 0 Å². The molecule has 2 aromatic carbocycles. The number of hydrogen-bond acceptors (Lipinski definition) is 6. The van der Waals surface area contributed by atoms with Crippen LogP contribution < -0.4 is 20.3 Å². The molecule has 2 atom stereocenters. The second-order valence-corrected chi connectivity index (χ2v) is 9.22. The van der Waals surface area contributed by atoms with Crippen LogP contribution in [-0.4, -0.2) is 34.2 Å². The Morgan fingerprint density at radius 1 is 1.13 bits per heavy atom. The number of pyridine rings is 1. The molecule has 1 aliphatic rings. The molecule has 1 fully saturated rings. The zero-order valence-corrected chi connectivity index (χ0v) is 22.1. The number of carboxylic acid groups (broad SMARTS) is 1. The first-order valence-corrected chi connectivity index (χ1v) is 12.7. The standard InChI is InChI=1S/C29H26N4O5S/c1-3-25(34)31-20-12-11-17(16-24(20)37-2)33-27(26(32-29(33)39)21-10-6-7-15-30-21)23-14-13-22(38-23)18-8-4-5-9-19(18)28(35)36/h4-16,26-27H,3H2,1-2H3,(H,31,34)(H,32,39)(H,35,36). The van der Waals surface area contributed by atoms with Crippen molar-refractivity contribution in [1.82, 2.24) is 10.3 Å². The lowest BCUT2D eigenvalue weighted by Crippen LogP contribution is -2.29. The van der Waals surface area contributed by atoms with Crippen molar-refractivity contribution in [2.45, 2.75) is 25.4 Å². The van der Waals surface area contributed by atoms with Crippen LogP contribution in [0.5, 0.6) is 5.75 Å². The SMILES string of the molecule is CCC(=O)Nc1ccc(N2C(=S)NC(c3ccccn3)C2c2ccc(-c3ccccc3C(=O)O)o2)cc1OC. The maximum atomic E-state index is 12.0. The van der Waals surface area contributed by atoms with Crippen LogP contribution in [0.3, 0.4) is 0 Å². The molecule has 1 saturated heterocycles. The molecule has 0 bridgehead atoms. The summed E-state index contributed by atoms with van der Waals surface area (Å²) in [5, 5.41) is 16.3. The van der Waals surface area contributed by atoms with Gasteiger partial charge in [0.2, 0.25) is 5.91 Å². The van der Waals surface area contributed by atoms with E-state index in [1.165, 1.54) is 7.11 Å². The number of methoxy groups -OCH3 is 1. The Hall–Kier alpha value is -4.70. The molecular weight excluding hydrogens is 516 g/mol. The molecule has 198 valence electrons. The van der Waals surface area contributed by atoms with Gasteiger partial charge in [0.25, 0.3) is 0 Å². The second-order valence-electron chi connectivity index (χ2n) is 8.84. The largest absolute Gasteiger partial charge is 0.494 e. The molecule has 9 nitrogen and oxygen atoms in total. The summed E-state index contributed by atoms with van der Waals surface area (Å²) in [6, 6.07) is 20.5. The lowest BCUT2D eigenvalue weighted by molar-refractivity contribution is -0.115. The molecule has 3 N–H and O–H groups in total. The van der Waals surface area contributed by atoms with Crippen molar-refractivity contribution in [1.29, 1.82) is 0 Å².